The van der Waals surface area contributed by atoms with Crippen LogP contribution in [0.5, 0.6) is 0 Å². The van der Waals surface area contributed by atoms with Crippen molar-refractivity contribution in [1.82, 2.24) is 9.97 Å². The summed E-state index contributed by atoms with van der Waals surface area (Å²) in [6.07, 6.45) is 0. The van der Waals surface area contributed by atoms with Crippen LogP contribution in [0.2, 0.25) is 0 Å². The van der Waals surface area contributed by atoms with Gasteiger partial charge < -0.3 is 10.3 Å². The Morgan fingerprint density at radius 1 is 1.12 bits per heavy atom. The molecule has 0 bridgehead atoms. The van der Waals surface area contributed by atoms with Gasteiger partial charge >= 0.3 is 0 Å². The first kappa shape index (κ1) is 16.6. The molecule has 0 saturated carbocycles. The molecular formula is C19H21N3OS. The van der Waals surface area contributed by atoms with Crippen LogP contribution < -0.4 is 5.32 Å². The predicted octanol–water partition coefficient (Wildman–Crippen LogP) is 4.70. The molecular weight excluding hydrogens is 318 g/mol. The van der Waals surface area contributed by atoms with Crippen molar-refractivity contribution in [2.24, 2.45) is 0 Å². The highest BCUT2D eigenvalue weighted by Crippen LogP contribution is 2.28. The molecule has 1 amide bonds. The number of rotatable bonds is 4. The van der Waals surface area contributed by atoms with Gasteiger partial charge in [0.1, 0.15) is 5.82 Å². The lowest BCUT2D eigenvalue weighted by atomic mass is 10.1. The van der Waals surface area contributed by atoms with Crippen LogP contribution in [0, 0.1) is 0 Å². The Kier molecular flexibility index (Phi) is 4.62. The summed E-state index contributed by atoms with van der Waals surface area (Å²) in [6.45, 7) is 6.31. The molecule has 0 unspecified atom stereocenters. The number of anilines is 1. The van der Waals surface area contributed by atoms with Crippen molar-refractivity contribution >= 4 is 34.4 Å². The van der Waals surface area contributed by atoms with E-state index in [-0.39, 0.29) is 10.7 Å². The molecule has 0 spiro atoms. The van der Waals surface area contributed by atoms with Gasteiger partial charge in [0.05, 0.1) is 22.5 Å². The fourth-order valence-corrected chi connectivity index (χ4v) is 2.98. The van der Waals surface area contributed by atoms with Crippen molar-refractivity contribution in [2.75, 3.05) is 11.1 Å². The smallest absolute Gasteiger partial charge is 0.234 e. The van der Waals surface area contributed by atoms with Gasteiger partial charge in [0.25, 0.3) is 0 Å². The molecule has 4 nitrogen and oxygen atoms in total. The number of aromatic amines is 1. The van der Waals surface area contributed by atoms with Crippen LogP contribution in [0.4, 0.5) is 5.69 Å². The van der Waals surface area contributed by atoms with Crippen LogP contribution in [0.1, 0.15) is 20.8 Å². The second kappa shape index (κ2) is 6.69. The fraction of sp³-hybridized carbons (Fsp3) is 0.263. The largest absolute Gasteiger partial charge is 0.338 e. The van der Waals surface area contributed by atoms with Crippen LogP contribution in [0.15, 0.2) is 48.5 Å². The van der Waals surface area contributed by atoms with Crippen molar-refractivity contribution < 1.29 is 4.79 Å². The number of hydrogen-bond donors (Lipinski definition) is 2. The summed E-state index contributed by atoms with van der Waals surface area (Å²) in [6, 6.07) is 15.6. The van der Waals surface area contributed by atoms with Crippen LogP contribution in [0.25, 0.3) is 22.4 Å². The highest BCUT2D eigenvalue weighted by molar-refractivity contribution is 8.01. The van der Waals surface area contributed by atoms with Crippen LogP contribution in [-0.4, -0.2) is 26.4 Å². The molecule has 2 N–H and O–H groups in total. The van der Waals surface area contributed by atoms with E-state index in [0.717, 1.165) is 28.1 Å². The van der Waals surface area contributed by atoms with Gasteiger partial charge in [-0.15, -0.1) is 11.8 Å². The predicted molar refractivity (Wildman–Crippen MR) is 102 cm³/mol. The number of H-pyrrole nitrogens is 1. The number of para-hydroxylation sites is 3. The van der Waals surface area contributed by atoms with E-state index in [1.165, 1.54) is 0 Å². The molecule has 0 aliphatic carbocycles. The number of amides is 1. The van der Waals surface area contributed by atoms with Crippen molar-refractivity contribution in [3.63, 3.8) is 0 Å². The molecule has 3 rings (SSSR count). The summed E-state index contributed by atoms with van der Waals surface area (Å²) in [5.41, 5.74) is 3.56. The molecule has 24 heavy (non-hydrogen) atoms. The van der Waals surface area contributed by atoms with Gasteiger partial charge in [0.2, 0.25) is 5.91 Å². The lowest BCUT2D eigenvalue weighted by molar-refractivity contribution is -0.113. The molecule has 5 heteroatoms. The SMILES string of the molecule is CC(C)(C)SCC(=O)Nc1ccccc1-c1nc2ccccc2[nH]1. The van der Waals surface area contributed by atoms with Crippen molar-refractivity contribution in [1.29, 1.82) is 0 Å². The number of nitrogens with zero attached hydrogens (tertiary/aromatic N) is 1. The van der Waals surface area contributed by atoms with Crippen LogP contribution in [-0.2, 0) is 4.79 Å². The van der Waals surface area contributed by atoms with Gasteiger partial charge in [-0.3, -0.25) is 4.79 Å². The third kappa shape index (κ3) is 3.97. The maximum atomic E-state index is 12.3. The number of benzene rings is 2. The Hall–Kier alpha value is -2.27. The monoisotopic (exact) mass is 339 g/mol. The van der Waals surface area contributed by atoms with Crippen molar-refractivity contribution in [2.45, 2.75) is 25.5 Å². The Labute approximate surface area is 146 Å². The Bertz CT molecular complexity index is 831. The molecule has 0 atom stereocenters. The summed E-state index contributed by atoms with van der Waals surface area (Å²) in [5, 5.41) is 3.01. The van der Waals surface area contributed by atoms with E-state index in [1.54, 1.807) is 11.8 Å². The zero-order valence-corrected chi connectivity index (χ0v) is 14.9. The number of carbonyl (C=O) groups is 1. The van der Waals surface area contributed by atoms with E-state index in [0.29, 0.717) is 5.75 Å². The molecule has 0 fully saturated rings. The molecule has 1 heterocycles. The van der Waals surface area contributed by atoms with E-state index in [4.69, 9.17) is 0 Å². The average Bonchev–Trinajstić information content (AvgIpc) is 2.96. The quantitative estimate of drug-likeness (QED) is 0.724. The Morgan fingerprint density at radius 3 is 2.58 bits per heavy atom. The zero-order chi connectivity index (χ0) is 17.2. The standard InChI is InChI=1S/C19H21N3OS/c1-19(2,3)24-12-17(23)20-14-9-5-4-8-13(14)18-21-15-10-6-7-11-16(15)22-18/h4-11H,12H2,1-3H3,(H,20,23)(H,21,22). The number of aromatic nitrogens is 2. The molecule has 0 radical (unpaired) electrons. The Morgan fingerprint density at radius 2 is 1.83 bits per heavy atom. The number of thioether (sulfide) groups is 1. The third-order valence-electron chi connectivity index (χ3n) is 3.48. The second-order valence-electron chi connectivity index (χ2n) is 6.60. The highest BCUT2D eigenvalue weighted by atomic mass is 32.2. The molecule has 0 aliphatic heterocycles. The first-order valence-electron chi connectivity index (χ1n) is 7.90. The number of carbonyl (C=O) groups excluding carboxylic acids is 1. The summed E-state index contributed by atoms with van der Waals surface area (Å²) < 4.78 is 0.0651. The minimum absolute atomic E-state index is 0.00140. The van der Waals surface area contributed by atoms with Gasteiger partial charge in [-0.05, 0) is 24.3 Å². The van der Waals surface area contributed by atoms with E-state index in [2.05, 4.69) is 36.1 Å². The Balaban J connectivity index is 1.84. The van der Waals surface area contributed by atoms with Gasteiger partial charge in [0.15, 0.2) is 0 Å². The number of fused-ring (bicyclic) bond motifs is 1. The zero-order valence-electron chi connectivity index (χ0n) is 14.1. The van der Waals surface area contributed by atoms with E-state index in [1.807, 2.05) is 48.5 Å². The first-order valence-corrected chi connectivity index (χ1v) is 8.89. The normalized spacial score (nSPS) is 11.6. The van der Waals surface area contributed by atoms with Crippen molar-refractivity contribution in [3.05, 3.63) is 48.5 Å². The molecule has 124 valence electrons. The number of imidazole rings is 1. The van der Waals surface area contributed by atoms with E-state index < -0.39 is 0 Å². The maximum Gasteiger partial charge on any atom is 0.234 e. The lowest BCUT2D eigenvalue weighted by Gasteiger charge is -2.17. The minimum atomic E-state index is -0.00140. The second-order valence-corrected chi connectivity index (χ2v) is 8.40. The van der Waals surface area contributed by atoms with E-state index >= 15 is 0 Å². The summed E-state index contributed by atoms with van der Waals surface area (Å²) >= 11 is 1.63. The van der Waals surface area contributed by atoms with Gasteiger partial charge in [-0.2, -0.15) is 0 Å². The first-order chi connectivity index (χ1) is 11.4. The molecule has 2 aromatic carbocycles. The highest BCUT2D eigenvalue weighted by Gasteiger charge is 2.15. The van der Waals surface area contributed by atoms with Gasteiger partial charge in [-0.1, -0.05) is 45.0 Å². The average molecular weight is 339 g/mol. The minimum Gasteiger partial charge on any atom is -0.338 e. The number of nitrogens with one attached hydrogen (secondary N) is 2. The summed E-state index contributed by atoms with van der Waals surface area (Å²) in [7, 11) is 0. The molecule has 3 aromatic rings. The summed E-state index contributed by atoms with van der Waals surface area (Å²) in [5.74, 6) is 1.19. The molecule has 0 aliphatic rings. The maximum absolute atomic E-state index is 12.3. The van der Waals surface area contributed by atoms with Gasteiger partial charge in [-0.25, -0.2) is 4.98 Å². The topological polar surface area (TPSA) is 57.8 Å². The van der Waals surface area contributed by atoms with Crippen LogP contribution in [0.3, 0.4) is 0 Å². The van der Waals surface area contributed by atoms with E-state index in [9.17, 15) is 4.79 Å². The third-order valence-corrected chi connectivity index (χ3v) is 4.75. The van der Waals surface area contributed by atoms with Crippen molar-refractivity contribution in [3.8, 4) is 11.4 Å². The fourth-order valence-electron chi connectivity index (χ4n) is 2.35. The summed E-state index contributed by atoms with van der Waals surface area (Å²) in [4.78, 5) is 20.2. The van der Waals surface area contributed by atoms with Crippen LogP contribution >= 0.6 is 11.8 Å². The number of hydrogen-bond acceptors (Lipinski definition) is 3. The molecule has 0 saturated heterocycles. The lowest BCUT2D eigenvalue weighted by Crippen LogP contribution is -2.19. The van der Waals surface area contributed by atoms with Gasteiger partial charge in [0, 0.05) is 10.3 Å². The molecule has 1 aromatic heterocycles.